The SMILES string of the molecule is C[C@H]1CC[C@@]23[C@@H]1CC[C@]2(C)CC(C)(C)[C@H]3O. The molecule has 0 saturated heterocycles. The average Bonchev–Trinajstić information content (AvgIpc) is 2.68. The van der Waals surface area contributed by atoms with E-state index >= 15 is 0 Å². The second-order valence-electron chi connectivity index (χ2n) is 7.83. The van der Waals surface area contributed by atoms with Crippen LogP contribution in [-0.2, 0) is 0 Å². The fourth-order valence-electron chi connectivity index (χ4n) is 6.08. The first-order valence-corrected chi connectivity index (χ1v) is 7.02. The van der Waals surface area contributed by atoms with Crippen molar-refractivity contribution >= 4 is 0 Å². The molecule has 1 spiro atoms. The van der Waals surface area contributed by atoms with Crippen LogP contribution in [0.4, 0.5) is 0 Å². The molecule has 0 bridgehead atoms. The molecule has 0 radical (unpaired) electrons. The fourth-order valence-corrected chi connectivity index (χ4v) is 6.08. The highest BCUT2D eigenvalue weighted by Gasteiger charge is 2.71. The Morgan fingerprint density at radius 1 is 1.06 bits per heavy atom. The molecule has 3 fully saturated rings. The lowest BCUT2D eigenvalue weighted by atomic mass is 9.64. The van der Waals surface area contributed by atoms with E-state index in [2.05, 4.69) is 27.7 Å². The third kappa shape index (κ3) is 0.978. The topological polar surface area (TPSA) is 20.2 Å². The van der Waals surface area contributed by atoms with E-state index in [1.165, 1.54) is 32.1 Å². The second kappa shape index (κ2) is 2.85. The Kier molecular flexibility index (Phi) is 1.98. The molecule has 16 heavy (non-hydrogen) atoms. The van der Waals surface area contributed by atoms with Gasteiger partial charge in [-0.05, 0) is 54.8 Å². The van der Waals surface area contributed by atoms with Crippen LogP contribution in [-0.4, -0.2) is 11.2 Å². The van der Waals surface area contributed by atoms with Crippen LogP contribution < -0.4 is 0 Å². The first-order chi connectivity index (χ1) is 7.33. The summed E-state index contributed by atoms with van der Waals surface area (Å²) in [6.07, 6.45) is 6.49. The highest BCUT2D eigenvalue weighted by atomic mass is 16.3. The molecule has 3 rings (SSSR count). The number of aliphatic hydroxyl groups is 1. The van der Waals surface area contributed by atoms with Gasteiger partial charge in [0.25, 0.3) is 0 Å². The third-order valence-electron chi connectivity index (χ3n) is 6.57. The molecular formula is C15H26O. The molecule has 3 aliphatic carbocycles. The van der Waals surface area contributed by atoms with E-state index in [1.807, 2.05) is 0 Å². The van der Waals surface area contributed by atoms with Crippen molar-refractivity contribution in [1.82, 2.24) is 0 Å². The lowest BCUT2D eigenvalue weighted by Crippen LogP contribution is -2.43. The first kappa shape index (κ1) is 11.1. The summed E-state index contributed by atoms with van der Waals surface area (Å²) in [6, 6.07) is 0. The molecule has 1 nitrogen and oxygen atoms in total. The summed E-state index contributed by atoms with van der Waals surface area (Å²) in [5.74, 6) is 1.64. The van der Waals surface area contributed by atoms with Crippen LogP contribution >= 0.6 is 0 Å². The van der Waals surface area contributed by atoms with Gasteiger partial charge in [0.1, 0.15) is 0 Å². The van der Waals surface area contributed by atoms with Crippen molar-refractivity contribution in [1.29, 1.82) is 0 Å². The van der Waals surface area contributed by atoms with Crippen LogP contribution in [0.5, 0.6) is 0 Å². The summed E-state index contributed by atoms with van der Waals surface area (Å²) < 4.78 is 0. The molecule has 3 aliphatic rings. The Morgan fingerprint density at radius 2 is 1.75 bits per heavy atom. The minimum absolute atomic E-state index is 0.0672. The molecule has 0 heterocycles. The number of aliphatic hydroxyl groups excluding tert-OH is 1. The Balaban J connectivity index is 2.10. The molecule has 92 valence electrons. The van der Waals surface area contributed by atoms with Crippen molar-refractivity contribution in [3.63, 3.8) is 0 Å². The molecule has 3 saturated carbocycles. The maximum Gasteiger partial charge on any atom is 0.0655 e. The fraction of sp³-hybridized carbons (Fsp3) is 1.00. The van der Waals surface area contributed by atoms with E-state index in [4.69, 9.17) is 0 Å². The normalized spacial score (nSPS) is 58.7. The van der Waals surface area contributed by atoms with E-state index < -0.39 is 0 Å². The van der Waals surface area contributed by atoms with Gasteiger partial charge in [-0.3, -0.25) is 0 Å². The predicted octanol–water partition coefficient (Wildman–Crippen LogP) is 3.61. The van der Waals surface area contributed by atoms with Crippen molar-refractivity contribution in [2.75, 3.05) is 0 Å². The van der Waals surface area contributed by atoms with Crippen LogP contribution in [0.2, 0.25) is 0 Å². The van der Waals surface area contributed by atoms with E-state index in [0.717, 1.165) is 11.8 Å². The van der Waals surface area contributed by atoms with Crippen molar-refractivity contribution in [3.8, 4) is 0 Å². The van der Waals surface area contributed by atoms with Crippen LogP contribution in [0.15, 0.2) is 0 Å². The molecule has 1 heteroatoms. The summed E-state index contributed by atoms with van der Waals surface area (Å²) in [4.78, 5) is 0. The van der Waals surface area contributed by atoms with E-state index in [9.17, 15) is 5.11 Å². The molecular weight excluding hydrogens is 196 g/mol. The standard InChI is InChI=1S/C15H26O/c1-10-5-8-15-11(10)6-7-14(15,4)9-13(2,3)12(15)16/h10-12,16H,5-9H2,1-4H3/t10-,11+,12+,14+,15-/m0/s1. The minimum atomic E-state index is -0.0672. The second-order valence-corrected chi connectivity index (χ2v) is 7.83. The molecule has 0 aromatic rings. The molecule has 5 atom stereocenters. The average molecular weight is 222 g/mol. The summed E-state index contributed by atoms with van der Waals surface area (Å²) in [5, 5.41) is 10.9. The van der Waals surface area contributed by atoms with Crippen molar-refractivity contribution in [3.05, 3.63) is 0 Å². The maximum atomic E-state index is 10.9. The smallest absolute Gasteiger partial charge is 0.0655 e. The van der Waals surface area contributed by atoms with Gasteiger partial charge in [0.05, 0.1) is 6.10 Å². The highest BCUT2D eigenvalue weighted by Crippen LogP contribution is 2.75. The zero-order valence-electron chi connectivity index (χ0n) is 11.2. The molecule has 0 aliphatic heterocycles. The van der Waals surface area contributed by atoms with Crippen molar-refractivity contribution in [2.45, 2.75) is 65.9 Å². The van der Waals surface area contributed by atoms with Gasteiger partial charge < -0.3 is 5.11 Å². The van der Waals surface area contributed by atoms with E-state index in [-0.39, 0.29) is 16.9 Å². The molecule has 1 N–H and O–H groups in total. The zero-order chi connectivity index (χ0) is 11.8. The number of hydrogen-bond acceptors (Lipinski definition) is 1. The maximum absolute atomic E-state index is 10.9. The first-order valence-electron chi connectivity index (χ1n) is 7.02. The largest absolute Gasteiger partial charge is 0.392 e. The Hall–Kier alpha value is -0.0400. The van der Waals surface area contributed by atoms with Gasteiger partial charge in [-0.15, -0.1) is 0 Å². The summed E-state index contributed by atoms with van der Waals surface area (Å²) in [5.41, 5.74) is 0.832. The van der Waals surface area contributed by atoms with Gasteiger partial charge in [-0.1, -0.05) is 27.7 Å². The van der Waals surface area contributed by atoms with Gasteiger partial charge >= 0.3 is 0 Å². The predicted molar refractivity (Wildman–Crippen MR) is 66.1 cm³/mol. The number of rotatable bonds is 0. The quantitative estimate of drug-likeness (QED) is 0.664. The summed E-state index contributed by atoms with van der Waals surface area (Å²) in [6.45, 7) is 9.41. The highest BCUT2D eigenvalue weighted by molar-refractivity contribution is 5.20. The Bertz CT molecular complexity index is 321. The van der Waals surface area contributed by atoms with E-state index in [1.54, 1.807) is 0 Å². The van der Waals surface area contributed by atoms with Crippen LogP contribution in [0, 0.1) is 28.1 Å². The lowest BCUT2D eigenvalue weighted by Gasteiger charge is -2.42. The summed E-state index contributed by atoms with van der Waals surface area (Å²) in [7, 11) is 0. The monoisotopic (exact) mass is 222 g/mol. The van der Waals surface area contributed by atoms with Crippen molar-refractivity contribution in [2.24, 2.45) is 28.1 Å². The molecule has 0 unspecified atom stereocenters. The van der Waals surface area contributed by atoms with E-state index in [0.29, 0.717) is 5.41 Å². The van der Waals surface area contributed by atoms with Crippen LogP contribution in [0.3, 0.4) is 0 Å². The van der Waals surface area contributed by atoms with Crippen LogP contribution in [0.1, 0.15) is 59.8 Å². The van der Waals surface area contributed by atoms with Gasteiger partial charge in [0.15, 0.2) is 0 Å². The molecule has 0 amide bonds. The zero-order valence-corrected chi connectivity index (χ0v) is 11.2. The number of hydrogen-bond donors (Lipinski definition) is 1. The Morgan fingerprint density at radius 3 is 2.44 bits per heavy atom. The van der Waals surface area contributed by atoms with Gasteiger partial charge in [0.2, 0.25) is 0 Å². The summed E-state index contributed by atoms with van der Waals surface area (Å²) >= 11 is 0. The van der Waals surface area contributed by atoms with Gasteiger partial charge in [-0.25, -0.2) is 0 Å². The lowest BCUT2D eigenvalue weighted by molar-refractivity contribution is -0.0497. The van der Waals surface area contributed by atoms with Gasteiger partial charge in [-0.2, -0.15) is 0 Å². The minimum Gasteiger partial charge on any atom is -0.392 e. The van der Waals surface area contributed by atoms with Crippen molar-refractivity contribution < 1.29 is 5.11 Å². The Labute approximate surface area is 99.6 Å². The molecule has 0 aromatic heterocycles. The third-order valence-corrected chi connectivity index (χ3v) is 6.57. The van der Waals surface area contributed by atoms with Crippen LogP contribution in [0.25, 0.3) is 0 Å². The van der Waals surface area contributed by atoms with Gasteiger partial charge in [0, 0.05) is 5.41 Å². The molecule has 0 aromatic carbocycles.